The first-order valence-electron chi connectivity index (χ1n) is 3.84. The predicted octanol–water partition coefficient (Wildman–Crippen LogP) is 2.15. The lowest BCUT2D eigenvalue weighted by Crippen LogP contribution is -2.00. The lowest BCUT2D eigenvalue weighted by Gasteiger charge is -2.07. The van der Waals surface area contributed by atoms with Crippen molar-refractivity contribution in [3.8, 4) is 0 Å². The van der Waals surface area contributed by atoms with Gasteiger partial charge >= 0.3 is 0 Å². The van der Waals surface area contributed by atoms with Gasteiger partial charge in [-0.1, -0.05) is 13.8 Å². The largest absolute Gasteiger partial charge is 0.498 e. The first-order valence-corrected chi connectivity index (χ1v) is 3.84. The van der Waals surface area contributed by atoms with Gasteiger partial charge in [-0.3, -0.25) is 4.79 Å². The Hall–Kier alpha value is -0.790. The molecule has 0 spiro atoms. The highest BCUT2D eigenvalue weighted by molar-refractivity contribution is 5.87. The maximum atomic E-state index is 10.5. The summed E-state index contributed by atoms with van der Waals surface area (Å²) >= 11 is 0. The second kappa shape index (κ2) is 4.94. The summed E-state index contributed by atoms with van der Waals surface area (Å²) in [6.45, 7) is 8.13. The molecule has 0 aliphatic heterocycles. The molecule has 0 amide bonds. The van der Waals surface area contributed by atoms with Crippen LogP contribution in [0.5, 0.6) is 0 Å². The second-order valence-electron chi connectivity index (χ2n) is 3.07. The molecule has 0 aromatic rings. The number of hydrogen-bond donors (Lipinski definition) is 0. The molecule has 0 fully saturated rings. The molecule has 0 heterocycles. The molecule has 0 aromatic heterocycles. The predicted molar refractivity (Wildman–Crippen MR) is 45.2 cm³/mol. The molecule has 0 aromatic carbocycles. The number of hydrogen-bond acceptors (Lipinski definition) is 2. The molecule has 2 heteroatoms. The summed E-state index contributed by atoms with van der Waals surface area (Å²) in [5.74, 6) is 1.24. The Morgan fingerprint density at radius 3 is 2.36 bits per heavy atom. The Kier molecular flexibility index (Phi) is 4.59. The third-order valence-electron chi connectivity index (χ3n) is 1.05. The van der Waals surface area contributed by atoms with E-state index in [1.807, 2.05) is 0 Å². The molecule has 64 valence electrons. The standard InChI is InChI=1S/C9H16O2/c1-7(2)6-11-9(4)5-8(3)10/h5,7H,6H2,1-4H3/b9-5+. The van der Waals surface area contributed by atoms with Gasteiger partial charge in [0, 0.05) is 6.08 Å². The van der Waals surface area contributed by atoms with E-state index in [0.29, 0.717) is 18.3 Å². The van der Waals surface area contributed by atoms with Crippen molar-refractivity contribution in [1.82, 2.24) is 0 Å². The van der Waals surface area contributed by atoms with Gasteiger partial charge in [0.25, 0.3) is 0 Å². The summed E-state index contributed by atoms with van der Waals surface area (Å²) in [6.07, 6.45) is 1.50. The van der Waals surface area contributed by atoms with Crippen molar-refractivity contribution in [2.24, 2.45) is 5.92 Å². The van der Waals surface area contributed by atoms with Crippen LogP contribution >= 0.6 is 0 Å². The highest BCUT2D eigenvalue weighted by atomic mass is 16.5. The quantitative estimate of drug-likeness (QED) is 0.460. The van der Waals surface area contributed by atoms with Crippen LogP contribution in [0.25, 0.3) is 0 Å². The van der Waals surface area contributed by atoms with Crippen LogP contribution < -0.4 is 0 Å². The van der Waals surface area contributed by atoms with E-state index in [1.165, 1.54) is 13.0 Å². The van der Waals surface area contributed by atoms with E-state index in [9.17, 15) is 4.79 Å². The average Bonchev–Trinajstić information content (AvgIpc) is 1.82. The molecule has 0 atom stereocenters. The van der Waals surface area contributed by atoms with Crippen molar-refractivity contribution < 1.29 is 9.53 Å². The molecule has 0 rings (SSSR count). The van der Waals surface area contributed by atoms with E-state index in [1.54, 1.807) is 6.92 Å². The van der Waals surface area contributed by atoms with Crippen LogP contribution in [0.4, 0.5) is 0 Å². The molecule has 0 saturated heterocycles. The van der Waals surface area contributed by atoms with Crippen LogP contribution in [0.2, 0.25) is 0 Å². The lowest BCUT2D eigenvalue weighted by atomic mass is 10.2. The molecule has 2 nitrogen and oxygen atoms in total. The molecule has 0 radical (unpaired) electrons. The Labute approximate surface area is 68.2 Å². The van der Waals surface area contributed by atoms with Gasteiger partial charge < -0.3 is 4.74 Å². The fourth-order valence-electron chi connectivity index (χ4n) is 0.626. The minimum Gasteiger partial charge on any atom is -0.498 e. The Morgan fingerprint density at radius 1 is 1.45 bits per heavy atom. The first-order chi connectivity index (χ1) is 5.02. The topological polar surface area (TPSA) is 26.3 Å². The second-order valence-corrected chi connectivity index (χ2v) is 3.07. The molecule has 0 aliphatic carbocycles. The highest BCUT2D eigenvalue weighted by Gasteiger charge is 1.95. The number of rotatable bonds is 4. The van der Waals surface area contributed by atoms with E-state index in [-0.39, 0.29) is 5.78 Å². The molecule has 11 heavy (non-hydrogen) atoms. The smallest absolute Gasteiger partial charge is 0.155 e. The molecular weight excluding hydrogens is 140 g/mol. The van der Waals surface area contributed by atoms with Gasteiger partial charge in [0.2, 0.25) is 0 Å². The molecule has 0 bridgehead atoms. The minimum absolute atomic E-state index is 0.0336. The Bertz CT molecular complexity index is 157. The van der Waals surface area contributed by atoms with E-state index >= 15 is 0 Å². The monoisotopic (exact) mass is 156 g/mol. The van der Waals surface area contributed by atoms with E-state index in [4.69, 9.17) is 4.74 Å². The number of ketones is 1. The number of ether oxygens (including phenoxy) is 1. The van der Waals surface area contributed by atoms with E-state index in [2.05, 4.69) is 13.8 Å². The Balaban J connectivity index is 3.68. The molecular formula is C9H16O2. The number of allylic oxidation sites excluding steroid dienone is 2. The zero-order valence-electron chi connectivity index (χ0n) is 7.68. The van der Waals surface area contributed by atoms with Crippen molar-refractivity contribution >= 4 is 5.78 Å². The van der Waals surface area contributed by atoms with Gasteiger partial charge in [-0.15, -0.1) is 0 Å². The van der Waals surface area contributed by atoms with E-state index < -0.39 is 0 Å². The van der Waals surface area contributed by atoms with Gasteiger partial charge in [-0.25, -0.2) is 0 Å². The van der Waals surface area contributed by atoms with Crippen LogP contribution in [0.3, 0.4) is 0 Å². The summed E-state index contributed by atoms with van der Waals surface area (Å²) in [6, 6.07) is 0. The van der Waals surface area contributed by atoms with Crippen LogP contribution in [-0.4, -0.2) is 12.4 Å². The third-order valence-corrected chi connectivity index (χ3v) is 1.05. The fourth-order valence-corrected chi connectivity index (χ4v) is 0.626. The van der Waals surface area contributed by atoms with Crippen molar-refractivity contribution in [2.45, 2.75) is 27.7 Å². The summed E-state index contributed by atoms with van der Waals surface area (Å²) < 4.78 is 5.25. The van der Waals surface area contributed by atoms with Crippen molar-refractivity contribution in [3.63, 3.8) is 0 Å². The van der Waals surface area contributed by atoms with Crippen LogP contribution in [0.1, 0.15) is 27.7 Å². The SMILES string of the molecule is CC(=O)/C=C(\C)OCC(C)C. The van der Waals surface area contributed by atoms with Crippen LogP contribution in [-0.2, 0) is 9.53 Å². The van der Waals surface area contributed by atoms with Crippen LogP contribution in [0, 0.1) is 5.92 Å². The van der Waals surface area contributed by atoms with Crippen molar-refractivity contribution in [3.05, 3.63) is 11.8 Å². The van der Waals surface area contributed by atoms with Gasteiger partial charge in [0.15, 0.2) is 5.78 Å². The fraction of sp³-hybridized carbons (Fsp3) is 0.667. The highest BCUT2D eigenvalue weighted by Crippen LogP contribution is 2.00. The summed E-state index contributed by atoms with van der Waals surface area (Å²) in [7, 11) is 0. The normalized spacial score (nSPS) is 11.9. The summed E-state index contributed by atoms with van der Waals surface area (Å²) in [5, 5.41) is 0. The van der Waals surface area contributed by atoms with Gasteiger partial charge in [-0.05, 0) is 19.8 Å². The summed E-state index contributed by atoms with van der Waals surface area (Å²) in [4.78, 5) is 10.5. The maximum Gasteiger partial charge on any atom is 0.155 e. The zero-order chi connectivity index (χ0) is 8.85. The molecule has 0 N–H and O–H groups in total. The molecule has 0 saturated carbocycles. The first kappa shape index (κ1) is 10.2. The molecule has 0 aliphatic rings. The molecule has 0 unspecified atom stereocenters. The lowest BCUT2D eigenvalue weighted by molar-refractivity contribution is -0.112. The van der Waals surface area contributed by atoms with Crippen molar-refractivity contribution in [1.29, 1.82) is 0 Å². The van der Waals surface area contributed by atoms with E-state index in [0.717, 1.165) is 0 Å². The average molecular weight is 156 g/mol. The van der Waals surface area contributed by atoms with Crippen LogP contribution in [0.15, 0.2) is 11.8 Å². The van der Waals surface area contributed by atoms with Crippen molar-refractivity contribution in [2.75, 3.05) is 6.61 Å². The third kappa shape index (κ3) is 7.10. The zero-order valence-corrected chi connectivity index (χ0v) is 7.68. The van der Waals surface area contributed by atoms with Gasteiger partial charge in [-0.2, -0.15) is 0 Å². The van der Waals surface area contributed by atoms with Gasteiger partial charge in [0.1, 0.15) is 0 Å². The summed E-state index contributed by atoms with van der Waals surface area (Å²) in [5.41, 5.74) is 0. The number of carbonyl (C=O) groups is 1. The van der Waals surface area contributed by atoms with Gasteiger partial charge in [0.05, 0.1) is 12.4 Å². The number of carbonyl (C=O) groups excluding carboxylic acids is 1. The maximum absolute atomic E-state index is 10.5. The Morgan fingerprint density at radius 2 is 2.00 bits per heavy atom. The minimum atomic E-state index is 0.0336.